The standard InChI is InChI=1S/C21H23N3O2S2/c1-5-23-20(26)18-13(3)14(4)28-19(18)22-21(23)27-11-17(25)24-12(2)10-15-8-6-7-9-16(15)24/h6-9,12H,5,10-11H2,1-4H3. The summed E-state index contributed by atoms with van der Waals surface area (Å²) < 4.78 is 1.68. The molecule has 0 fully saturated rings. The van der Waals surface area contributed by atoms with Crippen molar-refractivity contribution in [3.63, 3.8) is 0 Å². The molecule has 0 bridgehead atoms. The molecule has 1 amide bonds. The number of anilines is 1. The molecule has 146 valence electrons. The molecular weight excluding hydrogens is 390 g/mol. The molecule has 1 aliphatic heterocycles. The van der Waals surface area contributed by atoms with Gasteiger partial charge in [-0.1, -0.05) is 30.0 Å². The van der Waals surface area contributed by atoms with Gasteiger partial charge in [-0.3, -0.25) is 14.2 Å². The van der Waals surface area contributed by atoms with Gasteiger partial charge in [0.1, 0.15) is 4.83 Å². The average Bonchev–Trinajstić information content (AvgIpc) is 3.15. The number of hydrogen-bond acceptors (Lipinski definition) is 5. The molecular formula is C21H23N3O2S2. The smallest absolute Gasteiger partial charge is 0.263 e. The maximum atomic E-state index is 13.0. The van der Waals surface area contributed by atoms with E-state index in [1.165, 1.54) is 17.3 Å². The van der Waals surface area contributed by atoms with Crippen molar-refractivity contribution in [1.29, 1.82) is 0 Å². The minimum atomic E-state index is -0.0100. The SMILES string of the molecule is CCn1c(SCC(=O)N2c3ccccc3CC2C)nc2sc(C)c(C)c2c1=O. The highest BCUT2D eigenvalue weighted by Crippen LogP contribution is 2.33. The fourth-order valence-electron chi connectivity index (χ4n) is 3.84. The Hall–Kier alpha value is -2.12. The second kappa shape index (κ2) is 7.37. The highest BCUT2D eigenvalue weighted by Gasteiger charge is 2.30. The molecule has 0 saturated heterocycles. The molecule has 0 aliphatic carbocycles. The molecule has 0 spiro atoms. The molecule has 1 aromatic carbocycles. The number of rotatable bonds is 4. The number of hydrogen-bond donors (Lipinski definition) is 0. The third-order valence-corrected chi connectivity index (χ3v) is 7.43. The summed E-state index contributed by atoms with van der Waals surface area (Å²) in [7, 11) is 0. The van der Waals surface area contributed by atoms with Crippen LogP contribution in [0.25, 0.3) is 10.2 Å². The van der Waals surface area contributed by atoms with Crippen molar-refractivity contribution < 1.29 is 4.79 Å². The van der Waals surface area contributed by atoms with Crippen molar-refractivity contribution in [2.24, 2.45) is 0 Å². The Morgan fingerprint density at radius 1 is 1.32 bits per heavy atom. The zero-order valence-electron chi connectivity index (χ0n) is 16.5. The Morgan fingerprint density at radius 3 is 2.82 bits per heavy atom. The van der Waals surface area contributed by atoms with Gasteiger partial charge in [-0.2, -0.15) is 0 Å². The second-order valence-electron chi connectivity index (χ2n) is 7.14. The monoisotopic (exact) mass is 413 g/mol. The summed E-state index contributed by atoms with van der Waals surface area (Å²) in [6.07, 6.45) is 0.879. The van der Waals surface area contributed by atoms with Crippen molar-refractivity contribution >= 4 is 44.9 Å². The number of fused-ring (bicyclic) bond motifs is 2. The van der Waals surface area contributed by atoms with Gasteiger partial charge >= 0.3 is 0 Å². The molecule has 28 heavy (non-hydrogen) atoms. The van der Waals surface area contributed by atoms with Gasteiger partial charge in [0.15, 0.2) is 5.16 Å². The van der Waals surface area contributed by atoms with Gasteiger partial charge < -0.3 is 4.90 Å². The lowest BCUT2D eigenvalue weighted by molar-refractivity contribution is -0.116. The quantitative estimate of drug-likeness (QED) is 0.476. The van der Waals surface area contributed by atoms with Crippen LogP contribution < -0.4 is 10.5 Å². The summed E-state index contributed by atoms with van der Waals surface area (Å²) >= 11 is 2.90. The first kappa shape index (κ1) is 19.2. The van der Waals surface area contributed by atoms with E-state index in [9.17, 15) is 9.59 Å². The molecule has 3 heterocycles. The number of amides is 1. The fourth-order valence-corrected chi connectivity index (χ4v) is 5.83. The Labute approximate surface area is 172 Å². The normalized spacial score (nSPS) is 16.0. The van der Waals surface area contributed by atoms with Crippen molar-refractivity contribution in [3.05, 3.63) is 50.6 Å². The second-order valence-corrected chi connectivity index (χ2v) is 9.29. The topological polar surface area (TPSA) is 55.2 Å². The Kier molecular flexibility index (Phi) is 5.05. The number of benzene rings is 1. The number of carbonyl (C=O) groups is 1. The Balaban J connectivity index is 1.63. The molecule has 5 nitrogen and oxygen atoms in total. The van der Waals surface area contributed by atoms with Gasteiger partial charge in [0.25, 0.3) is 5.56 Å². The third-order valence-electron chi connectivity index (χ3n) is 5.37. The van der Waals surface area contributed by atoms with E-state index in [2.05, 4.69) is 13.0 Å². The van der Waals surface area contributed by atoms with Crippen LogP contribution in [0.3, 0.4) is 0 Å². The Morgan fingerprint density at radius 2 is 2.07 bits per heavy atom. The fraction of sp³-hybridized carbons (Fsp3) is 0.381. The van der Waals surface area contributed by atoms with Crippen LogP contribution in [0.4, 0.5) is 5.69 Å². The van der Waals surface area contributed by atoms with Crippen LogP contribution in [0.1, 0.15) is 29.9 Å². The lowest BCUT2D eigenvalue weighted by Crippen LogP contribution is -2.37. The van der Waals surface area contributed by atoms with Crippen molar-refractivity contribution in [2.45, 2.75) is 51.9 Å². The highest BCUT2D eigenvalue weighted by molar-refractivity contribution is 7.99. The van der Waals surface area contributed by atoms with Crippen LogP contribution in [-0.2, 0) is 17.8 Å². The number of para-hydroxylation sites is 1. The van der Waals surface area contributed by atoms with Crippen molar-refractivity contribution in [1.82, 2.24) is 9.55 Å². The minimum Gasteiger partial charge on any atom is -0.308 e. The van der Waals surface area contributed by atoms with Gasteiger partial charge in [-0.25, -0.2) is 4.98 Å². The van der Waals surface area contributed by atoms with Gasteiger partial charge in [0.05, 0.1) is 11.1 Å². The van der Waals surface area contributed by atoms with E-state index >= 15 is 0 Å². The van der Waals surface area contributed by atoms with Crippen molar-refractivity contribution in [2.75, 3.05) is 10.7 Å². The van der Waals surface area contributed by atoms with Crippen LogP contribution >= 0.6 is 23.1 Å². The summed E-state index contributed by atoms with van der Waals surface area (Å²) in [5, 5.41) is 1.33. The van der Waals surface area contributed by atoms with E-state index in [4.69, 9.17) is 4.98 Å². The van der Waals surface area contributed by atoms with Gasteiger partial charge in [-0.15, -0.1) is 11.3 Å². The molecule has 3 aromatic rings. The molecule has 1 atom stereocenters. The summed E-state index contributed by atoms with van der Waals surface area (Å²) in [4.78, 5) is 34.4. The largest absolute Gasteiger partial charge is 0.308 e. The predicted molar refractivity (Wildman–Crippen MR) is 117 cm³/mol. The first-order valence-electron chi connectivity index (χ1n) is 9.45. The van der Waals surface area contributed by atoms with Crippen LogP contribution in [0.2, 0.25) is 0 Å². The first-order chi connectivity index (χ1) is 13.4. The lowest BCUT2D eigenvalue weighted by atomic mass is 10.1. The molecule has 2 aromatic heterocycles. The summed E-state index contributed by atoms with van der Waals surface area (Å²) in [5.74, 6) is 0.318. The van der Waals surface area contributed by atoms with E-state index in [1.807, 2.05) is 43.9 Å². The van der Waals surface area contributed by atoms with Crippen LogP contribution in [0.5, 0.6) is 0 Å². The number of aryl methyl sites for hydroxylation is 2. The number of aromatic nitrogens is 2. The molecule has 1 unspecified atom stereocenters. The molecule has 1 aliphatic rings. The molecule has 0 N–H and O–H groups in total. The first-order valence-corrected chi connectivity index (χ1v) is 11.3. The number of carbonyl (C=O) groups excluding carboxylic acids is 1. The molecule has 4 rings (SSSR count). The van der Waals surface area contributed by atoms with Gasteiger partial charge in [0, 0.05) is 23.2 Å². The lowest BCUT2D eigenvalue weighted by Gasteiger charge is -2.22. The number of thiophene rings is 1. The zero-order chi connectivity index (χ0) is 20.0. The molecule has 7 heteroatoms. The van der Waals surface area contributed by atoms with E-state index in [1.54, 1.807) is 15.9 Å². The van der Waals surface area contributed by atoms with Crippen LogP contribution in [0.15, 0.2) is 34.2 Å². The van der Waals surface area contributed by atoms with Gasteiger partial charge in [-0.05, 0) is 51.3 Å². The highest BCUT2D eigenvalue weighted by atomic mass is 32.2. The maximum absolute atomic E-state index is 13.0. The van der Waals surface area contributed by atoms with Gasteiger partial charge in [0.2, 0.25) is 5.91 Å². The molecule has 0 radical (unpaired) electrons. The summed E-state index contributed by atoms with van der Waals surface area (Å²) in [6, 6.07) is 8.22. The predicted octanol–water partition coefficient (Wildman–Crippen LogP) is 4.16. The molecule has 0 saturated carbocycles. The van der Waals surface area contributed by atoms with Crippen molar-refractivity contribution in [3.8, 4) is 0 Å². The average molecular weight is 414 g/mol. The van der Waals surface area contributed by atoms with E-state index in [0.29, 0.717) is 17.1 Å². The number of thioether (sulfide) groups is 1. The van der Waals surface area contributed by atoms with E-state index < -0.39 is 0 Å². The van der Waals surface area contributed by atoms with E-state index in [-0.39, 0.29) is 23.3 Å². The Bertz CT molecular complexity index is 1130. The zero-order valence-corrected chi connectivity index (χ0v) is 18.1. The maximum Gasteiger partial charge on any atom is 0.263 e. The minimum absolute atomic E-state index is 0.0100. The van der Waals surface area contributed by atoms with Crippen LogP contribution in [0, 0.1) is 13.8 Å². The number of nitrogens with zero attached hydrogens (tertiary/aromatic N) is 3. The summed E-state index contributed by atoms with van der Waals surface area (Å²) in [5.41, 5.74) is 3.21. The summed E-state index contributed by atoms with van der Waals surface area (Å²) in [6.45, 7) is 8.54. The van der Waals surface area contributed by atoms with E-state index in [0.717, 1.165) is 27.4 Å². The van der Waals surface area contributed by atoms with Crippen LogP contribution in [-0.4, -0.2) is 27.3 Å². The third kappa shape index (κ3) is 3.06.